The van der Waals surface area contributed by atoms with E-state index in [0.717, 1.165) is 24.8 Å². The molecule has 0 spiro atoms. The van der Waals surface area contributed by atoms with Crippen LogP contribution in [0.1, 0.15) is 57.9 Å². The van der Waals surface area contributed by atoms with Crippen LogP contribution >= 0.6 is 0 Å². The number of nitrogens with one attached hydrogen (secondary N) is 1. The van der Waals surface area contributed by atoms with Gasteiger partial charge >= 0.3 is 5.97 Å². The summed E-state index contributed by atoms with van der Waals surface area (Å²) in [4.78, 5) is 25.9. The summed E-state index contributed by atoms with van der Waals surface area (Å²) in [6.07, 6.45) is 7.09. The number of methoxy groups -OCH3 is 1. The quantitative estimate of drug-likeness (QED) is 0.801. The van der Waals surface area contributed by atoms with Crippen molar-refractivity contribution in [3.63, 3.8) is 0 Å². The first-order valence-corrected chi connectivity index (χ1v) is 10.2. The molecule has 0 heterocycles. The Labute approximate surface area is 162 Å². The molecule has 3 atom stereocenters. The molecule has 1 amide bonds. The summed E-state index contributed by atoms with van der Waals surface area (Å²) in [6, 6.07) is 9.19. The third-order valence-electron chi connectivity index (χ3n) is 7.18. The van der Waals surface area contributed by atoms with Gasteiger partial charge in [0.25, 0.3) is 0 Å². The van der Waals surface area contributed by atoms with Gasteiger partial charge in [0.2, 0.25) is 5.91 Å². The molecule has 4 fully saturated rings. The van der Waals surface area contributed by atoms with E-state index in [9.17, 15) is 9.59 Å². The minimum atomic E-state index is -0.626. The number of hydrogen-bond acceptors (Lipinski definition) is 3. The normalized spacial score (nSPS) is 37.7. The van der Waals surface area contributed by atoms with E-state index in [1.165, 1.54) is 26.4 Å². The predicted octanol–water partition coefficient (Wildman–Crippen LogP) is 3.88. The van der Waals surface area contributed by atoms with Gasteiger partial charge in [-0.2, -0.15) is 0 Å². The fourth-order valence-electron chi connectivity index (χ4n) is 7.20. The molecular weight excluding hydrogens is 338 g/mol. The summed E-state index contributed by atoms with van der Waals surface area (Å²) in [7, 11) is 1.39. The number of carbonyl (C=O) groups is 2. The monoisotopic (exact) mass is 369 g/mol. The zero-order valence-electron chi connectivity index (χ0n) is 16.7. The molecule has 4 bridgehead atoms. The van der Waals surface area contributed by atoms with Crippen molar-refractivity contribution < 1.29 is 14.3 Å². The van der Waals surface area contributed by atoms with E-state index in [1.54, 1.807) is 0 Å². The molecule has 4 aliphatic rings. The molecule has 2 unspecified atom stereocenters. The van der Waals surface area contributed by atoms with Gasteiger partial charge in [-0.3, -0.25) is 4.79 Å². The Hall–Kier alpha value is -1.84. The van der Waals surface area contributed by atoms with E-state index in [1.807, 2.05) is 30.3 Å². The van der Waals surface area contributed by atoms with E-state index in [-0.39, 0.29) is 28.1 Å². The zero-order chi connectivity index (χ0) is 19.3. The lowest BCUT2D eigenvalue weighted by Crippen LogP contribution is -2.61. The highest BCUT2D eigenvalue weighted by Gasteiger charge is 2.62. The maximum absolute atomic E-state index is 13.5. The fraction of sp³-hybridized carbons (Fsp3) is 0.652. The largest absolute Gasteiger partial charge is 0.467 e. The summed E-state index contributed by atoms with van der Waals surface area (Å²) in [6.45, 7) is 4.72. The molecule has 146 valence electrons. The van der Waals surface area contributed by atoms with E-state index in [2.05, 4.69) is 19.2 Å². The maximum Gasteiger partial charge on any atom is 0.328 e. The van der Waals surface area contributed by atoms with Gasteiger partial charge in [-0.1, -0.05) is 44.2 Å². The van der Waals surface area contributed by atoms with E-state index in [0.29, 0.717) is 12.3 Å². The van der Waals surface area contributed by atoms with E-state index < -0.39 is 6.04 Å². The van der Waals surface area contributed by atoms with Crippen molar-refractivity contribution in [1.82, 2.24) is 5.32 Å². The lowest BCUT2D eigenvalue weighted by atomic mass is 9.40. The van der Waals surface area contributed by atoms with Gasteiger partial charge in [0.05, 0.1) is 12.5 Å². The Morgan fingerprint density at radius 3 is 2.26 bits per heavy atom. The molecule has 4 nitrogen and oxygen atoms in total. The Morgan fingerprint density at radius 1 is 1.07 bits per heavy atom. The standard InChI is InChI=1S/C23H31NO3/c1-21-10-17-11-22(2,13-21)15-23(12-17,14-21)20(26)24-18(19(25)27-3)9-16-7-5-4-6-8-16/h4-8,17-18H,9-15H2,1-3H3,(H,24,26)/t17?,18-,21?,22?,23?/m1/s1. The minimum absolute atomic E-state index is 0.0652. The van der Waals surface area contributed by atoms with Crippen molar-refractivity contribution >= 4 is 11.9 Å². The van der Waals surface area contributed by atoms with Crippen LogP contribution in [0.4, 0.5) is 0 Å². The Balaban J connectivity index is 1.55. The Bertz CT molecular complexity index is 725. The van der Waals surface area contributed by atoms with Crippen LogP contribution in [0.25, 0.3) is 0 Å². The molecule has 1 aromatic carbocycles. The van der Waals surface area contributed by atoms with Gasteiger partial charge in [-0.05, 0) is 60.8 Å². The highest BCUT2D eigenvalue weighted by atomic mass is 16.5. The molecule has 0 saturated heterocycles. The zero-order valence-corrected chi connectivity index (χ0v) is 16.7. The topological polar surface area (TPSA) is 55.4 Å². The Kier molecular flexibility index (Phi) is 4.36. The average Bonchev–Trinajstić information content (AvgIpc) is 2.58. The number of amides is 1. The van der Waals surface area contributed by atoms with Crippen LogP contribution in [0.5, 0.6) is 0 Å². The van der Waals surface area contributed by atoms with Crippen LogP contribution in [0.15, 0.2) is 30.3 Å². The van der Waals surface area contributed by atoms with Gasteiger partial charge in [-0.25, -0.2) is 4.79 Å². The SMILES string of the molecule is COC(=O)[C@@H](Cc1ccccc1)NC(=O)C12CC3CC(C)(CC(C)(C3)C1)C2. The van der Waals surface area contributed by atoms with Crippen LogP contribution in [0.3, 0.4) is 0 Å². The molecular formula is C23H31NO3. The first kappa shape index (κ1) is 18.5. The van der Waals surface area contributed by atoms with Crippen molar-refractivity contribution in [2.75, 3.05) is 7.11 Å². The minimum Gasteiger partial charge on any atom is -0.467 e. The molecule has 0 aromatic heterocycles. The van der Waals surface area contributed by atoms with Crippen molar-refractivity contribution in [3.8, 4) is 0 Å². The van der Waals surface area contributed by atoms with Crippen molar-refractivity contribution in [2.24, 2.45) is 22.2 Å². The van der Waals surface area contributed by atoms with Crippen LogP contribution in [0, 0.1) is 22.2 Å². The lowest BCUT2D eigenvalue weighted by Gasteiger charge is -2.64. The second kappa shape index (κ2) is 6.35. The van der Waals surface area contributed by atoms with Crippen LogP contribution in [-0.2, 0) is 20.7 Å². The molecule has 0 aliphatic heterocycles. The number of hydrogen-bond donors (Lipinski definition) is 1. The Morgan fingerprint density at radius 2 is 1.70 bits per heavy atom. The van der Waals surface area contributed by atoms with Crippen molar-refractivity contribution in [2.45, 2.75) is 64.8 Å². The third kappa shape index (κ3) is 3.39. The second-order valence-electron chi connectivity index (χ2n) is 10.1. The fourth-order valence-corrected chi connectivity index (χ4v) is 7.20. The molecule has 27 heavy (non-hydrogen) atoms. The van der Waals surface area contributed by atoms with Gasteiger partial charge in [-0.15, -0.1) is 0 Å². The van der Waals surface area contributed by atoms with Crippen molar-refractivity contribution in [3.05, 3.63) is 35.9 Å². The van der Waals surface area contributed by atoms with Gasteiger partial charge < -0.3 is 10.1 Å². The van der Waals surface area contributed by atoms with E-state index in [4.69, 9.17) is 4.74 Å². The van der Waals surface area contributed by atoms with Gasteiger partial charge in [0, 0.05) is 6.42 Å². The second-order valence-corrected chi connectivity index (χ2v) is 10.1. The summed E-state index contributed by atoms with van der Waals surface area (Å²) < 4.78 is 4.99. The summed E-state index contributed by atoms with van der Waals surface area (Å²) in [5, 5.41) is 3.09. The maximum atomic E-state index is 13.5. The number of ether oxygens (including phenoxy) is 1. The highest BCUT2D eigenvalue weighted by Crippen LogP contribution is 2.69. The third-order valence-corrected chi connectivity index (χ3v) is 7.18. The predicted molar refractivity (Wildman–Crippen MR) is 104 cm³/mol. The molecule has 1 aromatic rings. The van der Waals surface area contributed by atoms with Gasteiger partial charge in [0.1, 0.15) is 6.04 Å². The molecule has 4 heteroatoms. The van der Waals surface area contributed by atoms with E-state index >= 15 is 0 Å². The van der Waals surface area contributed by atoms with Crippen LogP contribution in [0.2, 0.25) is 0 Å². The molecule has 4 aliphatic carbocycles. The smallest absolute Gasteiger partial charge is 0.328 e. The summed E-state index contributed by atoms with van der Waals surface area (Å²) >= 11 is 0. The molecule has 0 radical (unpaired) electrons. The van der Waals surface area contributed by atoms with Crippen LogP contribution < -0.4 is 5.32 Å². The summed E-state index contributed by atoms with van der Waals surface area (Å²) in [5.74, 6) is 0.345. The number of rotatable bonds is 5. The first-order valence-electron chi connectivity index (χ1n) is 10.2. The van der Waals surface area contributed by atoms with Gasteiger partial charge in [0.15, 0.2) is 0 Å². The van der Waals surface area contributed by atoms with Crippen LogP contribution in [-0.4, -0.2) is 25.0 Å². The number of esters is 1. The highest BCUT2D eigenvalue weighted by molar-refractivity contribution is 5.88. The molecule has 5 rings (SSSR count). The molecule has 1 N–H and O–H groups in total. The lowest BCUT2D eigenvalue weighted by molar-refractivity contribution is -0.172. The molecule has 4 saturated carbocycles. The van der Waals surface area contributed by atoms with Crippen molar-refractivity contribution in [1.29, 1.82) is 0 Å². The summed E-state index contributed by atoms with van der Waals surface area (Å²) in [5.41, 5.74) is 1.25. The number of benzene rings is 1. The number of carbonyl (C=O) groups excluding carboxylic acids is 2. The average molecular weight is 370 g/mol. The first-order chi connectivity index (χ1) is 12.7.